The third-order valence-corrected chi connectivity index (χ3v) is 3.93. The van der Waals surface area contributed by atoms with E-state index < -0.39 is 0 Å². The molecule has 0 spiro atoms. The lowest BCUT2D eigenvalue weighted by atomic mass is 10.1. The predicted octanol–water partition coefficient (Wildman–Crippen LogP) is 4.91. The molecular weight excluding hydrogens is 299 g/mol. The number of nitrogens with zero attached hydrogens (tertiary/aromatic N) is 1. The molecule has 0 aliphatic carbocycles. The van der Waals surface area contributed by atoms with Crippen LogP contribution in [-0.2, 0) is 12.8 Å². The number of nitrogens with one attached hydrogen (secondary N) is 1. The van der Waals surface area contributed by atoms with E-state index in [2.05, 4.69) is 16.9 Å². The molecule has 0 saturated heterocycles. The molecule has 0 aliphatic heterocycles. The predicted molar refractivity (Wildman–Crippen MR) is 82.8 cm³/mol. The number of hydrogen-bond donors (Lipinski definition) is 1. The molecule has 1 aromatic heterocycles. The highest BCUT2D eigenvalue weighted by atomic mass is 35.5. The lowest BCUT2D eigenvalue weighted by Gasteiger charge is -2.08. The van der Waals surface area contributed by atoms with Gasteiger partial charge >= 0.3 is 0 Å². The second-order valence-corrected chi connectivity index (χ2v) is 5.59. The van der Waals surface area contributed by atoms with E-state index in [0.29, 0.717) is 21.1 Å². The summed E-state index contributed by atoms with van der Waals surface area (Å²) < 4.78 is 0.666. The summed E-state index contributed by atoms with van der Waals surface area (Å²) in [6.07, 6.45) is 1.50. The third kappa shape index (κ3) is 3.35. The van der Waals surface area contributed by atoms with Gasteiger partial charge in [-0.25, -0.2) is 4.98 Å². The minimum absolute atomic E-state index is 0.616. The number of H-pyrrole nitrogens is 1. The Morgan fingerprint density at radius 3 is 2.63 bits per heavy atom. The second kappa shape index (κ2) is 6.04. The van der Waals surface area contributed by atoms with Crippen LogP contribution in [0.3, 0.4) is 0 Å². The van der Waals surface area contributed by atoms with E-state index in [4.69, 9.17) is 35.4 Å². The van der Waals surface area contributed by atoms with Crippen molar-refractivity contribution in [3.63, 3.8) is 0 Å². The Hall–Kier alpha value is -0.900. The van der Waals surface area contributed by atoms with Gasteiger partial charge in [-0.1, -0.05) is 48.4 Å². The van der Waals surface area contributed by atoms with Crippen LogP contribution < -0.4 is 0 Å². The van der Waals surface area contributed by atoms with E-state index in [0.717, 1.165) is 29.1 Å². The van der Waals surface area contributed by atoms with Crippen molar-refractivity contribution in [1.29, 1.82) is 0 Å². The standard InChI is InChI=1S/C14H14Cl2N2S/c1-3-11-8(2)17-13(18-14(11)19)6-9-4-5-10(15)7-12(9)16/h4-5,7H,3,6H2,1-2H3,(H,17,18,19). The lowest BCUT2D eigenvalue weighted by Crippen LogP contribution is -2.03. The van der Waals surface area contributed by atoms with Crippen LogP contribution >= 0.6 is 35.4 Å². The van der Waals surface area contributed by atoms with Gasteiger partial charge in [-0.15, -0.1) is 0 Å². The van der Waals surface area contributed by atoms with Crippen LogP contribution in [0.1, 0.15) is 29.6 Å². The first-order valence-electron chi connectivity index (χ1n) is 6.04. The molecule has 0 atom stereocenters. The SMILES string of the molecule is CCc1c(C)[nH]c(Cc2ccc(Cl)cc2Cl)nc1=S. The monoisotopic (exact) mass is 312 g/mol. The highest BCUT2D eigenvalue weighted by Gasteiger charge is 2.07. The van der Waals surface area contributed by atoms with Crippen molar-refractivity contribution in [1.82, 2.24) is 9.97 Å². The number of hydrogen-bond acceptors (Lipinski definition) is 2. The van der Waals surface area contributed by atoms with Crippen LogP contribution in [0.2, 0.25) is 10.0 Å². The van der Waals surface area contributed by atoms with Crippen molar-refractivity contribution in [2.24, 2.45) is 0 Å². The fourth-order valence-corrected chi connectivity index (χ4v) is 2.90. The molecule has 0 aliphatic rings. The molecule has 19 heavy (non-hydrogen) atoms. The summed E-state index contributed by atoms with van der Waals surface area (Å²) in [7, 11) is 0. The second-order valence-electron chi connectivity index (χ2n) is 4.36. The zero-order chi connectivity index (χ0) is 14.0. The van der Waals surface area contributed by atoms with Crippen molar-refractivity contribution >= 4 is 35.4 Å². The van der Waals surface area contributed by atoms with E-state index in [1.54, 1.807) is 6.07 Å². The highest BCUT2D eigenvalue weighted by molar-refractivity contribution is 7.71. The van der Waals surface area contributed by atoms with Gasteiger partial charge in [0.05, 0.1) is 0 Å². The molecular formula is C14H14Cl2N2S. The van der Waals surface area contributed by atoms with Crippen LogP contribution in [0, 0.1) is 11.6 Å². The molecule has 0 unspecified atom stereocenters. The average molecular weight is 313 g/mol. The number of aromatic amines is 1. The number of halogens is 2. The Bertz CT molecular complexity index is 665. The minimum Gasteiger partial charge on any atom is -0.347 e. The highest BCUT2D eigenvalue weighted by Crippen LogP contribution is 2.22. The first kappa shape index (κ1) is 14.5. The van der Waals surface area contributed by atoms with Gasteiger partial charge in [0.1, 0.15) is 10.5 Å². The van der Waals surface area contributed by atoms with Gasteiger partial charge in [0.2, 0.25) is 0 Å². The fraction of sp³-hybridized carbons (Fsp3) is 0.286. The van der Waals surface area contributed by atoms with Crippen molar-refractivity contribution in [2.45, 2.75) is 26.7 Å². The van der Waals surface area contributed by atoms with E-state index in [-0.39, 0.29) is 0 Å². The Balaban J connectivity index is 2.36. The maximum absolute atomic E-state index is 6.17. The van der Waals surface area contributed by atoms with E-state index in [1.165, 1.54) is 0 Å². The lowest BCUT2D eigenvalue weighted by molar-refractivity contribution is 0.895. The van der Waals surface area contributed by atoms with Crippen molar-refractivity contribution < 1.29 is 0 Å². The zero-order valence-electron chi connectivity index (χ0n) is 10.8. The average Bonchev–Trinajstić information content (AvgIpc) is 2.32. The van der Waals surface area contributed by atoms with Gasteiger partial charge in [-0.05, 0) is 31.0 Å². The smallest absolute Gasteiger partial charge is 0.133 e. The summed E-state index contributed by atoms with van der Waals surface area (Å²) in [5.41, 5.74) is 3.15. The van der Waals surface area contributed by atoms with Crippen molar-refractivity contribution in [2.75, 3.05) is 0 Å². The quantitative estimate of drug-likeness (QED) is 0.816. The summed E-state index contributed by atoms with van der Waals surface area (Å²) in [6, 6.07) is 5.47. The topological polar surface area (TPSA) is 28.7 Å². The zero-order valence-corrected chi connectivity index (χ0v) is 13.1. The molecule has 1 heterocycles. The van der Waals surface area contributed by atoms with E-state index >= 15 is 0 Å². The molecule has 0 radical (unpaired) electrons. The normalized spacial score (nSPS) is 10.7. The Labute approximate surface area is 127 Å². The van der Waals surface area contributed by atoms with Crippen LogP contribution in [0.15, 0.2) is 18.2 Å². The molecule has 0 saturated carbocycles. The molecule has 2 rings (SSSR count). The Morgan fingerprint density at radius 2 is 2.05 bits per heavy atom. The summed E-state index contributed by atoms with van der Waals surface area (Å²) in [4.78, 5) is 7.72. The third-order valence-electron chi connectivity index (χ3n) is 3.01. The van der Waals surface area contributed by atoms with Crippen LogP contribution in [0.25, 0.3) is 0 Å². The number of aryl methyl sites for hydroxylation is 1. The van der Waals surface area contributed by atoms with Gasteiger partial charge in [0, 0.05) is 27.7 Å². The van der Waals surface area contributed by atoms with Crippen molar-refractivity contribution in [3.8, 4) is 0 Å². The van der Waals surface area contributed by atoms with Crippen LogP contribution in [0.5, 0.6) is 0 Å². The van der Waals surface area contributed by atoms with E-state index in [1.807, 2.05) is 19.1 Å². The molecule has 0 fully saturated rings. The number of benzene rings is 1. The van der Waals surface area contributed by atoms with Gasteiger partial charge in [-0.3, -0.25) is 0 Å². The molecule has 5 heteroatoms. The molecule has 2 nitrogen and oxygen atoms in total. The molecule has 0 amide bonds. The molecule has 2 aromatic rings. The number of aromatic nitrogens is 2. The molecule has 0 bridgehead atoms. The maximum atomic E-state index is 6.17. The molecule has 1 aromatic carbocycles. The first-order chi connectivity index (χ1) is 9.01. The Morgan fingerprint density at radius 1 is 1.32 bits per heavy atom. The maximum Gasteiger partial charge on any atom is 0.133 e. The Kier molecular flexibility index (Phi) is 4.61. The summed E-state index contributed by atoms with van der Waals surface area (Å²) in [6.45, 7) is 4.09. The van der Waals surface area contributed by atoms with Crippen molar-refractivity contribution in [3.05, 3.63) is 55.5 Å². The first-order valence-corrected chi connectivity index (χ1v) is 7.20. The molecule has 100 valence electrons. The number of rotatable bonds is 3. The fourth-order valence-electron chi connectivity index (χ4n) is 2.02. The summed E-state index contributed by atoms with van der Waals surface area (Å²) in [5, 5.41) is 1.28. The van der Waals surface area contributed by atoms with Crippen LogP contribution in [-0.4, -0.2) is 9.97 Å². The largest absolute Gasteiger partial charge is 0.347 e. The van der Waals surface area contributed by atoms with Crippen LogP contribution in [0.4, 0.5) is 0 Å². The van der Waals surface area contributed by atoms with Gasteiger partial charge < -0.3 is 4.98 Å². The van der Waals surface area contributed by atoms with Gasteiger partial charge in [-0.2, -0.15) is 0 Å². The van der Waals surface area contributed by atoms with Gasteiger partial charge in [0.15, 0.2) is 0 Å². The van der Waals surface area contributed by atoms with E-state index in [9.17, 15) is 0 Å². The summed E-state index contributed by atoms with van der Waals surface area (Å²) >= 11 is 17.4. The summed E-state index contributed by atoms with van der Waals surface area (Å²) in [5.74, 6) is 0.823. The molecule has 1 N–H and O–H groups in total. The van der Waals surface area contributed by atoms with Gasteiger partial charge in [0.25, 0.3) is 0 Å². The minimum atomic E-state index is 0.616.